The largest absolute Gasteiger partial charge is 0.341 e. The van der Waals surface area contributed by atoms with Crippen molar-refractivity contribution in [3.05, 3.63) is 65.7 Å². The van der Waals surface area contributed by atoms with Crippen LogP contribution in [-0.4, -0.2) is 35.8 Å². The first-order chi connectivity index (χ1) is 13.0. The van der Waals surface area contributed by atoms with E-state index in [-0.39, 0.29) is 23.9 Å². The Morgan fingerprint density at radius 3 is 2.37 bits per heavy atom. The first-order valence-corrected chi connectivity index (χ1v) is 9.56. The summed E-state index contributed by atoms with van der Waals surface area (Å²) in [6, 6.07) is 16.7. The van der Waals surface area contributed by atoms with E-state index in [1.54, 1.807) is 12.1 Å². The zero-order valence-corrected chi connectivity index (χ0v) is 15.9. The van der Waals surface area contributed by atoms with Gasteiger partial charge in [0.15, 0.2) is 0 Å². The quantitative estimate of drug-likeness (QED) is 0.822. The maximum absolute atomic E-state index is 12.5. The number of likely N-dealkylation sites (tertiary alicyclic amines) is 1. The van der Waals surface area contributed by atoms with E-state index in [1.165, 1.54) is 0 Å². The van der Waals surface area contributed by atoms with E-state index in [0.717, 1.165) is 37.2 Å². The maximum Gasteiger partial charge on any atom is 0.255 e. The smallest absolute Gasteiger partial charge is 0.255 e. The number of hydrogen-bond donors (Lipinski definition) is 2. The van der Waals surface area contributed by atoms with Crippen LogP contribution < -0.4 is 10.6 Å². The minimum absolute atomic E-state index is 0.000121. The fraction of sp³-hybridized carbons (Fsp3) is 0.364. The maximum atomic E-state index is 12.5. The molecule has 0 aromatic heterocycles. The minimum Gasteiger partial charge on any atom is -0.341 e. The summed E-state index contributed by atoms with van der Waals surface area (Å²) in [5.41, 5.74) is 2.40. The second kappa shape index (κ2) is 8.82. The first-order valence-electron chi connectivity index (χ1n) is 9.56. The zero-order valence-electron chi connectivity index (χ0n) is 15.9. The van der Waals surface area contributed by atoms with Gasteiger partial charge in [-0.05, 0) is 56.5 Å². The number of carbonyl (C=O) groups excluding carboxylic acids is 2. The van der Waals surface area contributed by atoms with Gasteiger partial charge in [-0.25, -0.2) is 0 Å². The lowest BCUT2D eigenvalue weighted by Crippen LogP contribution is -2.44. The highest BCUT2D eigenvalue weighted by atomic mass is 16.2. The number of nitrogens with zero attached hydrogens (tertiary/aromatic N) is 1. The predicted molar refractivity (Wildman–Crippen MR) is 108 cm³/mol. The molecule has 142 valence electrons. The second-order valence-corrected chi connectivity index (χ2v) is 7.09. The lowest BCUT2D eigenvalue weighted by Gasteiger charge is -2.24. The van der Waals surface area contributed by atoms with Crippen LogP contribution in [-0.2, 0) is 4.79 Å². The number of hydrogen-bond acceptors (Lipinski definition) is 3. The van der Waals surface area contributed by atoms with Gasteiger partial charge in [-0.2, -0.15) is 0 Å². The fourth-order valence-electron chi connectivity index (χ4n) is 3.43. The summed E-state index contributed by atoms with van der Waals surface area (Å²) in [5, 5.41) is 6.31. The van der Waals surface area contributed by atoms with Gasteiger partial charge in [0.1, 0.15) is 0 Å². The van der Waals surface area contributed by atoms with Crippen molar-refractivity contribution >= 4 is 17.5 Å². The highest BCUT2D eigenvalue weighted by Crippen LogP contribution is 2.19. The van der Waals surface area contributed by atoms with Gasteiger partial charge in [0.2, 0.25) is 5.91 Å². The van der Waals surface area contributed by atoms with Gasteiger partial charge in [-0.3, -0.25) is 14.9 Å². The molecule has 0 radical (unpaired) electrons. The van der Waals surface area contributed by atoms with Gasteiger partial charge in [0.25, 0.3) is 5.91 Å². The molecule has 1 aliphatic rings. The Labute approximate surface area is 160 Å². The summed E-state index contributed by atoms with van der Waals surface area (Å²) in [6.07, 6.45) is 2.19. The summed E-state index contributed by atoms with van der Waals surface area (Å²) in [4.78, 5) is 26.8. The molecule has 0 spiro atoms. The van der Waals surface area contributed by atoms with Crippen LogP contribution in [0.1, 0.15) is 48.7 Å². The van der Waals surface area contributed by atoms with Crippen molar-refractivity contribution in [3.63, 3.8) is 0 Å². The van der Waals surface area contributed by atoms with E-state index in [4.69, 9.17) is 0 Å². The lowest BCUT2D eigenvalue weighted by molar-refractivity contribution is -0.132. The van der Waals surface area contributed by atoms with E-state index in [9.17, 15) is 9.59 Å². The van der Waals surface area contributed by atoms with Crippen molar-refractivity contribution in [2.24, 2.45) is 0 Å². The van der Waals surface area contributed by atoms with Crippen LogP contribution in [0.4, 0.5) is 5.69 Å². The van der Waals surface area contributed by atoms with Gasteiger partial charge in [-0.15, -0.1) is 0 Å². The molecule has 2 aromatic carbocycles. The molecule has 2 N–H and O–H groups in total. The first kappa shape index (κ1) is 19.1. The Kier molecular flexibility index (Phi) is 6.24. The summed E-state index contributed by atoms with van der Waals surface area (Å²) in [6.45, 7) is 5.67. The van der Waals surface area contributed by atoms with E-state index in [2.05, 4.69) is 10.6 Å². The highest BCUT2D eigenvalue weighted by molar-refractivity contribution is 6.04. The molecule has 1 fully saturated rings. The monoisotopic (exact) mass is 365 g/mol. The number of amides is 2. The zero-order chi connectivity index (χ0) is 19.2. The molecule has 1 aliphatic heterocycles. The molecular formula is C22H27N3O2. The van der Waals surface area contributed by atoms with Crippen molar-refractivity contribution in [1.82, 2.24) is 10.2 Å². The Balaban J connectivity index is 1.62. The molecule has 0 unspecified atom stereocenters. The highest BCUT2D eigenvalue weighted by Gasteiger charge is 2.24. The molecule has 3 rings (SSSR count). The molecule has 2 amide bonds. The third-order valence-electron chi connectivity index (χ3n) is 4.97. The Hall–Kier alpha value is -2.66. The van der Waals surface area contributed by atoms with Crippen molar-refractivity contribution in [2.75, 3.05) is 18.4 Å². The average Bonchev–Trinajstić information content (AvgIpc) is 3.23. The minimum atomic E-state index is -0.235. The van der Waals surface area contributed by atoms with Gasteiger partial charge in [0, 0.05) is 30.4 Å². The van der Waals surface area contributed by atoms with Crippen molar-refractivity contribution < 1.29 is 9.59 Å². The molecule has 1 saturated heterocycles. The normalized spacial score (nSPS) is 16.0. The van der Waals surface area contributed by atoms with Crippen LogP contribution in [0, 0.1) is 0 Å². The third-order valence-corrected chi connectivity index (χ3v) is 4.97. The molecule has 2 aromatic rings. The standard InChI is InChI=1S/C22H27N3O2/c1-16(23-17(2)22(27)25-13-6-7-14-25)19-11-8-12-20(15-19)24-21(26)18-9-4-3-5-10-18/h3-5,8-12,15-17,23H,6-7,13-14H2,1-2H3,(H,24,26)/t16-,17-/m1/s1. The molecule has 0 bridgehead atoms. The topological polar surface area (TPSA) is 61.4 Å². The number of anilines is 1. The van der Waals surface area contributed by atoms with Crippen LogP contribution in [0.5, 0.6) is 0 Å². The lowest BCUT2D eigenvalue weighted by atomic mass is 10.1. The van der Waals surface area contributed by atoms with Crippen LogP contribution in [0.2, 0.25) is 0 Å². The molecule has 1 heterocycles. The SMILES string of the molecule is C[C@@H](N[C@H](C)c1cccc(NC(=O)c2ccccc2)c1)C(=O)N1CCCC1. The fourth-order valence-corrected chi connectivity index (χ4v) is 3.43. The van der Waals surface area contributed by atoms with Crippen molar-refractivity contribution in [2.45, 2.75) is 38.8 Å². The Bertz CT molecular complexity index is 785. The second-order valence-electron chi connectivity index (χ2n) is 7.09. The van der Waals surface area contributed by atoms with Crippen molar-refractivity contribution in [3.8, 4) is 0 Å². The molecule has 2 atom stereocenters. The number of nitrogens with one attached hydrogen (secondary N) is 2. The molecule has 27 heavy (non-hydrogen) atoms. The average molecular weight is 365 g/mol. The molecule has 0 saturated carbocycles. The third kappa shape index (κ3) is 4.95. The number of rotatable bonds is 6. The Morgan fingerprint density at radius 1 is 0.963 bits per heavy atom. The van der Waals surface area contributed by atoms with E-state index < -0.39 is 0 Å². The van der Waals surface area contributed by atoms with Gasteiger partial charge in [-0.1, -0.05) is 30.3 Å². The van der Waals surface area contributed by atoms with E-state index in [0.29, 0.717) is 5.56 Å². The number of benzene rings is 2. The van der Waals surface area contributed by atoms with Crippen LogP contribution in [0.3, 0.4) is 0 Å². The Morgan fingerprint density at radius 2 is 1.67 bits per heavy atom. The van der Waals surface area contributed by atoms with Crippen molar-refractivity contribution in [1.29, 1.82) is 0 Å². The van der Waals surface area contributed by atoms with Gasteiger partial charge in [0.05, 0.1) is 6.04 Å². The van der Waals surface area contributed by atoms with Crippen LogP contribution in [0.25, 0.3) is 0 Å². The van der Waals surface area contributed by atoms with Crippen LogP contribution in [0.15, 0.2) is 54.6 Å². The van der Waals surface area contributed by atoms with Gasteiger partial charge < -0.3 is 10.2 Å². The van der Waals surface area contributed by atoms with Gasteiger partial charge >= 0.3 is 0 Å². The summed E-state index contributed by atoms with van der Waals surface area (Å²) < 4.78 is 0. The predicted octanol–water partition coefficient (Wildman–Crippen LogP) is 3.60. The number of carbonyl (C=O) groups is 2. The summed E-state index contributed by atoms with van der Waals surface area (Å²) in [7, 11) is 0. The van der Waals surface area contributed by atoms with Crippen LogP contribution >= 0.6 is 0 Å². The molecule has 5 heteroatoms. The molecule has 5 nitrogen and oxygen atoms in total. The molecule has 0 aliphatic carbocycles. The molecular weight excluding hydrogens is 338 g/mol. The summed E-state index contributed by atoms with van der Waals surface area (Å²) in [5.74, 6) is 0.0267. The summed E-state index contributed by atoms with van der Waals surface area (Å²) >= 11 is 0. The van der Waals surface area contributed by atoms with E-state index >= 15 is 0 Å². The van der Waals surface area contributed by atoms with E-state index in [1.807, 2.05) is 61.2 Å².